The molecule has 0 aromatic heterocycles. The Labute approximate surface area is 120 Å². The molecule has 0 aliphatic carbocycles. The SMILES string of the molecule is NS(=O)(=O)NCCCCC[C@@H]1CCc2ccccc2O1. The number of hydrogen-bond acceptors (Lipinski definition) is 3. The highest BCUT2D eigenvalue weighted by Crippen LogP contribution is 2.28. The highest BCUT2D eigenvalue weighted by Gasteiger charge is 2.18. The molecule has 1 aromatic carbocycles. The zero-order valence-corrected chi connectivity index (χ0v) is 12.4. The number of fused-ring (bicyclic) bond motifs is 1. The maximum atomic E-state index is 10.7. The number of benzene rings is 1. The number of unbranched alkanes of at least 4 members (excludes halogenated alkanes) is 2. The van der Waals surface area contributed by atoms with Gasteiger partial charge in [-0.25, -0.2) is 9.86 Å². The molecular weight excluding hydrogens is 276 g/mol. The predicted molar refractivity (Wildman–Crippen MR) is 78.8 cm³/mol. The van der Waals surface area contributed by atoms with Gasteiger partial charge < -0.3 is 4.74 Å². The molecular formula is C14H22N2O3S. The average molecular weight is 298 g/mol. The van der Waals surface area contributed by atoms with Crippen LogP contribution in [0, 0.1) is 0 Å². The predicted octanol–water partition coefficient (Wildman–Crippen LogP) is 1.73. The molecule has 2 rings (SSSR count). The summed E-state index contributed by atoms with van der Waals surface area (Å²) in [4.78, 5) is 0. The maximum Gasteiger partial charge on any atom is 0.274 e. The van der Waals surface area contributed by atoms with Gasteiger partial charge in [0.2, 0.25) is 0 Å². The average Bonchev–Trinajstić information content (AvgIpc) is 2.41. The molecule has 0 spiro atoms. The standard InChI is InChI=1S/C14H22N2O3S/c15-20(17,18)16-11-5-1-2-7-13-10-9-12-6-3-4-8-14(12)19-13/h3-4,6,8,13,16H,1-2,5,7,9-11H2,(H2,15,17,18)/t13-/m1/s1. The van der Waals surface area contributed by atoms with Crippen LogP contribution in [0.15, 0.2) is 24.3 Å². The Bertz CT molecular complexity index is 531. The summed E-state index contributed by atoms with van der Waals surface area (Å²) < 4.78 is 29.6. The minimum atomic E-state index is -3.54. The van der Waals surface area contributed by atoms with Crippen molar-refractivity contribution in [2.75, 3.05) is 6.54 Å². The van der Waals surface area contributed by atoms with Crippen molar-refractivity contribution in [3.8, 4) is 5.75 Å². The Balaban J connectivity index is 1.62. The second kappa shape index (κ2) is 7.06. The Morgan fingerprint density at radius 1 is 1.25 bits per heavy atom. The van der Waals surface area contributed by atoms with Gasteiger partial charge in [0.1, 0.15) is 5.75 Å². The van der Waals surface area contributed by atoms with Gasteiger partial charge in [0.05, 0.1) is 6.10 Å². The molecule has 0 saturated heterocycles. The van der Waals surface area contributed by atoms with Crippen LogP contribution in [-0.2, 0) is 16.6 Å². The van der Waals surface area contributed by atoms with E-state index in [-0.39, 0.29) is 6.10 Å². The van der Waals surface area contributed by atoms with Gasteiger partial charge in [0.25, 0.3) is 10.2 Å². The maximum absolute atomic E-state index is 10.7. The lowest BCUT2D eigenvalue weighted by Crippen LogP contribution is -2.31. The summed E-state index contributed by atoms with van der Waals surface area (Å²) >= 11 is 0. The van der Waals surface area contributed by atoms with E-state index in [1.807, 2.05) is 18.2 Å². The third-order valence-electron chi connectivity index (χ3n) is 3.51. The number of para-hydroxylation sites is 1. The highest BCUT2D eigenvalue weighted by molar-refractivity contribution is 7.87. The van der Waals surface area contributed by atoms with Gasteiger partial charge >= 0.3 is 0 Å². The molecule has 0 amide bonds. The quantitative estimate of drug-likeness (QED) is 0.752. The molecule has 1 heterocycles. The van der Waals surface area contributed by atoms with Crippen molar-refractivity contribution in [2.24, 2.45) is 5.14 Å². The van der Waals surface area contributed by atoms with E-state index in [4.69, 9.17) is 9.88 Å². The second-order valence-corrected chi connectivity index (χ2v) is 6.55. The van der Waals surface area contributed by atoms with Crippen LogP contribution in [0.1, 0.15) is 37.7 Å². The summed E-state index contributed by atoms with van der Waals surface area (Å²) in [5.41, 5.74) is 1.29. The fourth-order valence-corrected chi connectivity index (χ4v) is 2.90. The molecule has 20 heavy (non-hydrogen) atoms. The van der Waals surface area contributed by atoms with Crippen LogP contribution in [0.5, 0.6) is 5.75 Å². The molecule has 3 N–H and O–H groups in total. The van der Waals surface area contributed by atoms with Gasteiger partial charge in [-0.15, -0.1) is 0 Å². The van der Waals surface area contributed by atoms with E-state index in [0.29, 0.717) is 6.54 Å². The summed E-state index contributed by atoms with van der Waals surface area (Å²) in [6.45, 7) is 0.410. The first-order valence-electron chi connectivity index (χ1n) is 7.06. The van der Waals surface area contributed by atoms with Crippen molar-refractivity contribution in [3.05, 3.63) is 29.8 Å². The van der Waals surface area contributed by atoms with E-state index in [2.05, 4.69) is 10.8 Å². The summed E-state index contributed by atoms with van der Waals surface area (Å²) in [5, 5.41) is 4.85. The summed E-state index contributed by atoms with van der Waals surface area (Å²) in [6, 6.07) is 8.18. The van der Waals surface area contributed by atoms with Crippen molar-refractivity contribution in [1.82, 2.24) is 4.72 Å². The zero-order valence-electron chi connectivity index (χ0n) is 11.5. The van der Waals surface area contributed by atoms with Crippen LogP contribution in [0.4, 0.5) is 0 Å². The molecule has 0 bridgehead atoms. The first kappa shape index (κ1) is 15.3. The van der Waals surface area contributed by atoms with Crippen LogP contribution in [-0.4, -0.2) is 21.1 Å². The molecule has 6 heteroatoms. The van der Waals surface area contributed by atoms with Crippen molar-refractivity contribution in [1.29, 1.82) is 0 Å². The van der Waals surface area contributed by atoms with Gasteiger partial charge in [-0.1, -0.05) is 24.6 Å². The smallest absolute Gasteiger partial charge is 0.274 e. The second-order valence-electron chi connectivity index (χ2n) is 5.17. The molecule has 1 aliphatic rings. The summed E-state index contributed by atoms with van der Waals surface area (Å²) in [7, 11) is -3.54. The van der Waals surface area contributed by atoms with Crippen LogP contribution in [0.25, 0.3) is 0 Å². The monoisotopic (exact) mass is 298 g/mol. The van der Waals surface area contributed by atoms with Gasteiger partial charge in [0, 0.05) is 6.54 Å². The lowest BCUT2D eigenvalue weighted by Gasteiger charge is -2.26. The van der Waals surface area contributed by atoms with E-state index in [1.165, 1.54) is 5.56 Å². The number of rotatable bonds is 7. The van der Waals surface area contributed by atoms with E-state index < -0.39 is 10.2 Å². The van der Waals surface area contributed by atoms with Gasteiger partial charge in [0.15, 0.2) is 0 Å². The number of nitrogens with one attached hydrogen (secondary N) is 1. The van der Waals surface area contributed by atoms with Crippen LogP contribution in [0.3, 0.4) is 0 Å². The van der Waals surface area contributed by atoms with Gasteiger partial charge in [-0.2, -0.15) is 8.42 Å². The van der Waals surface area contributed by atoms with Crippen molar-refractivity contribution in [3.63, 3.8) is 0 Å². The first-order chi connectivity index (χ1) is 9.54. The lowest BCUT2D eigenvalue weighted by molar-refractivity contribution is 0.160. The fraction of sp³-hybridized carbons (Fsp3) is 0.571. The Morgan fingerprint density at radius 3 is 2.85 bits per heavy atom. The number of aryl methyl sites for hydroxylation is 1. The molecule has 1 aromatic rings. The molecule has 0 unspecified atom stereocenters. The number of hydrogen-bond donors (Lipinski definition) is 2. The van der Waals surface area contributed by atoms with E-state index in [1.54, 1.807) is 0 Å². The Morgan fingerprint density at radius 2 is 2.05 bits per heavy atom. The zero-order chi connectivity index (χ0) is 14.4. The van der Waals surface area contributed by atoms with Crippen molar-refractivity contribution in [2.45, 2.75) is 44.6 Å². The normalized spacial score (nSPS) is 18.4. The van der Waals surface area contributed by atoms with Crippen LogP contribution >= 0.6 is 0 Å². The molecule has 1 aliphatic heterocycles. The van der Waals surface area contributed by atoms with Crippen LogP contribution < -0.4 is 14.6 Å². The molecule has 0 saturated carbocycles. The van der Waals surface area contributed by atoms with Gasteiger partial charge in [-0.3, -0.25) is 0 Å². The lowest BCUT2D eigenvalue weighted by atomic mass is 9.99. The molecule has 1 atom stereocenters. The minimum Gasteiger partial charge on any atom is -0.490 e. The number of ether oxygens (including phenoxy) is 1. The van der Waals surface area contributed by atoms with E-state index in [0.717, 1.165) is 44.3 Å². The highest BCUT2D eigenvalue weighted by atomic mass is 32.2. The number of nitrogens with two attached hydrogens (primary N) is 1. The minimum absolute atomic E-state index is 0.288. The van der Waals surface area contributed by atoms with E-state index >= 15 is 0 Å². The summed E-state index contributed by atoms with van der Waals surface area (Å²) in [6.07, 6.45) is 6.27. The van der Waals surface area contributed by atoms with Crippen LogP contribution in [0.2, 0.25) is 0 Å². The molecule has 112 valence electrons. The third-order valence-corrected chi connectivity index (χ3v) is 4.11. The van der Waals surface area contributed by atoms with Crippen molar-refractivity contribution >= 4 is 10.2 Å². The topological polar surface area (TPSA) is 81.4 Å². The largest absolute Gasteiger partial charge is 0.490 e. The fourth-order valence-electron chi connectivity index (χ4n) is 2.47. The summed E-state index contributed by atoms with van der Waals surface area (Å²) in [5.74, 6) is 1.01. The third kappa shape index (κ3) is 5.11. The molecule has 0 fully saturated rings. The van der Waals surface area contributed by atoms with Gasteiger partial charge in [-0.05, 0) is 43.7 Å². The Kier molecular flexibility index (Phi) is 5.39. The molecule has 5 nitrogen and oxygen atoms in total. The van der Waals surface area contributed by atoms with Crippen molar-refractivity contribution < 1.29 is 13.2 Å². The molecule has 0 radical (unpaired) electrons. The first-order valence-corrected chi connectivity index (χ1v) is 8.61. The Hall–Kier alpha value is -1.11. The van der Waals surface area contributed by atoms with E-state index in [9.17, 15) is 8.42 Å².